The van der Waals surface area contributed by atoms with E-state index >= 15 is 0 Å². The Morgan fingerprint density at radius 2 is 2.13 bits per heavy atom. The lowest BCUT2D eigenvalue weighted by Gasteiger charge is -2.36. The van der Waals surface area contributed by atoms with E-state index in [-0.39, 0.29) is 0 Å². The first kappa shape index (κ1) is 11.4. The highest BCUT2D eigenvalue weighted by Gasteiger charge is 2.23. The molecule has 2 heterocycles. The summed E-state index contributed by atoms with van der Waals surface area (Å²) in [5.41, 5.74) is 0. The highest BCUT2D eigenvalue weighted by molar-refractivity contribution is 4.79. The number of piperidine rings is 2. The second-order valence-electron chi connectivity index (χ2n) is 5.75. The van der Waals surface area contributed by atoms with Crippen LogP contribution in [0.15, 0.2) is 0 Å². The van der Waals surface area contributed by atoms with E-state index in [0.29, 0.717) is 0 Å². The topological polar surface area (TPSA) is 15.3 Å². The maximum absolute atomic E-state index is 3.54. The third-order valence-corrected chi connectivity index (χ3v) is 3.99. The van der Waals surface area contributed by atoms with Crippen molar-refractivity contribution in [1.82, 2.24) is 10.2 Å². The summed E-state index contributed by atoms with van der Waals surface area (Å²) in [6, 6.07) is 0.742. The first-order valence-electron chi connectivity index (χ1n) is 6.70. The van der Waals surface area contributed by atoms with E-state index in [1.165, 1.54) is 51.9 Å². The summed E-state index contributed by atoms with van der Waals surface area (Å²) in [5, 5.41) is 3.54. The van der Waals surface area contributed by atoms with Gasteiger partial charge in [0.15, 0.2) is 0 Å². The second-order valence-corrected chi connectivity index (χ2v) is 5.75. The van der Waals surface area contributed by atoms with Crippen LogP contribution in [0.5, 0.6) is 0 Å². The van der Waals surface area contributed by atoms with Gasteiger partial charge in [-0.3, -0.25) is 0 Å². The molecule has 3 unspecified atom stereocenters. The first-order valence-corrected chi connectivity index (χ1v) is 6.70. The Bertz CT molecular complexity index is 173. The fraction of sp³-hybridized carbons (Fsp3) is 1.00. The van der Waals surface area contributed by atoms with Crippen molar-refractivity contribution in [2.24, 2.45) is 11.8 Å². The summed E-state index contributed by atoms with van der Waals surface area (Å²) in [6.07, 6.45) is 5.63. The lowest BCUT2D eigenvalue weighted by atomic mass is 9.91. The molecular weight excluding hydrogens is 184 g/mol. The van der Waals surface area contributed by atoms with Crippen LogP contribution in [-0.2, 0) is 0 Å². The van der Waals surface area contributed by atoms with Gasteiger partial charge in [0.25, 0.3) is 0 Å². The molecule has 2 rings (SSSR count). The lowest BCUT2D eigenvalue weighted by molar-refractivity contribution is 0.140. The van der Waals surface area contributed by atoms with Gasteiger partial charge in [-0.25, -0.2) is 0 Å². The summed E-state index contributed by atoms with van der Waals surface area (Å²) >= 11 is 0. The molecule has 0 aromatic heterocycles. The normalized spacial score (nSPS) is 39.2. The molecule has 0 radical (unpaired) electrons. The standard InChI is InChI=1S/C13H26N2/c1-11-4-3-7-15(9-11)10-13-5-6-14-12(2)8-13/h11-14H,3-10H2,1-2H3. The average Bonchev–Trinajstić information content (AvgIpc) is 2.17. The fourth-order valence-electron chi connectivity index (χ4n) is 3.22. The van der Waals surface area contributed by atoms with Crippen molar-refractivity contribution < 1.29 is 0 Å². The maximum Gasteiger partial charge on any atom is 0.00418 e. The van der Waals surface area contributed by atoms with Crippen molar-refractivity contribution >= 4 is 0 Å². The molecule has 0 aromatic carbocycles. The third kappa shape index (κ3) is 3.46. The summed E-state index contributed by atoms with van der Waals surface area (Å²) < 4.78 is 0. The van der Waals surface area contributed by atoms with Crippen LogP contribution in [-0.4, -0.2) is 37.1 Å². The zero-order valence-electron chi connectivity index (χ0n) is 10.3. The number of nitrogens with zero attached hydrogens (tertiary/aromatic N) is 1. The Morgan fingerprint density at radius 1 is 1.27 bits per heavy atom. The molecule has 2 aliphatic rings. The molecule has 2 aliphatic heterocycles. The largest absolute Gasteiger partial charge is 0.314 e. The molecule has 1 N–H and O–H groups in total. The molecule has 15 heavy (non-hydrogen) atoms. The SMILES string of the molecule is CC1CCCN(CC2CCNC(C)C2)C1. The third-order valence-electron chi connectivity index (χ3n) is 3.99. The van der Waals surface area contributed by atoms with Crippen molar-refractivity contribution in [3.8, 4) is 0 Å². The van der Waals surface area contributed by atoms with Crippen LogP contribution in [0.4, 0.5) is 0 Å². The van der Waals surface area contributed by atoms with Crippen molar-refractivity contribution in [2.45, 2.75) is 45.6 Å². The van der Waals surface area contributed by atoms with Crippen LogP contribution in [0.25, 0.3) is 0 Å². The van der Waals surface area contributed by atoms with Crippen LogP contribution in [0, 0.1) is 11.8 Å². The summed E-state index contributed by atoms with van der Waals surface area (Å²) in [6.45, 7) is 10.0. The van der Waals surface area contributed by atoms with Gasteiger partial charge in [0.05, 0.1) is 0 Å². The highest BCUT2D eigenvalue weighted by Crippen LogP contribution is 2.21. The molecule has 0 aliphatic carbocycles. The van der Waals surface area contributed by atoms with Gasteiger partial charge in [-0.2, -0.15) is 0 Å². The number of hydrogen-bond acceptors (Lipinski definition) is 2. The second kappa shape index (κ2) is 5.31. The minimum atomic E-state index is 0.742. The van der Waals surface area contributed by atoms with Crippen molar-refractivity contribution in [2.75, 3.05) is 26.2 Å². The quantitative estimate of drug-likeness (QED) is 0.751. The van der Waals surface area contributed by atoms with Gasteiger partial charge >= 0.3 is 0 Å². The molecule has 0 saturated carbocycles. The van der Waals surface area contributed by atoms with E-state index in [1.54, 1.807) is 0 Å². The van der Waals surface area contributed by atoms with E-state index in [4.69, 9.17) is 0 Å². The lowest BCUT2D eigenvalue weighted by Crippen LogP contribution is -2.43. The monoisotopic (exact) mass is 210 g/mol. The minimum Gasteiger partial charge on any atom is -0.314 e. The highest BCUT2D eigenvalue weighted by atomic mass is 15.1. The smallest absolute Gasteiger partial charge is 0.00418 e. The Kier molecular flexibility index (Phi) is 4.04. The number of hydrogen-bond donors (Lipinski definition) is 1. The molecule has 0 aromatic rings. The number of nitrogens with one attached hydrogen (secondary N) is 1. The van der Waals surface area contributed by atoms with E-state index in [0.717, 1.165) is 17.9 Å². The Morgan fingerprint density at radius 3 is 2.87 bits per heavy atom. The number of rotatable bonds is 2. The van der Waals surface area contributed by atoms with Crippen molar-refractivity contribution in [3.05, 3.63) is 0 Å². The van der Waals surface area contributed by atoms with Crippen molar-refractivity contribution in [1.29, 1.82) is 0 Å². The van der Waals surface area contributed by atoms with Crippen LogP contribution in [0.1, 0.15) is 39.5 Å². The van der Waals surface area contributed by atoms with E-state index < -0.39 is 0 Å². The predicted molar refractivity (Wildman–Crippen MR) is 65.0 cm³/mol. The molecule has 2 saturated heterocycles. The van der Waals surface area contributed by atoms with Gasteiger partial charge in [-0.15, -0.1) is 0 Å². The van der Waals surface area contributed by atoms with Gasteiger partial charge in [-0.1, -0.05) is 6.92 Å². The molecule has 0 spiro atoms. The average molecular weight is 210 g/mol. The van der Waals surface area contributed by atoms with Crippen LogP contribution in [0.3, 0.4) is 0 Å². The molecule has 88 valence electrons. The van der Waals surface area contributed by atoms with Gasteiger partial charge in [0, 0.05) is 19.1 Å². The Labute approximate surface area is 94.4 Å². The zero-order chi connectivity index (χ0) is 10.7. The van der Waals surface area contributed by atoms with Crippen LogP contribution >= 0.6 is 0 Å². The molecule has 0 amide bonds. The predicted octanol–water partition coefficient (Wildman–Crippen LogP) is 2.11. The molecule has 2 heteroatoms. The van der Waals surface area contributed by atoms with E-state index in [9.17, 15) is 0 Å². The summed E-state index contributed by atoms with van der Waals surface area (Å²) in [7, 11) is 0. The summed E-state index contributed by atoms with van der Waals surface area (Å²) in [4.78, 5) is 2.71. The summed E-state index contributed by atoms with van der Waals surface area (Å²) in [5.74, 6) is 1.88. The molecule has 2 fully saturated rings. The van der Waals surface area contributed by atoms with Gasteiger partial charge in [0.2, 0.25) is 0 Å². The molecule has 3 atom stereocenters. The number of likely N-dealkylation sites (tertiary alicyclic amines) is 1. The van der Waals surface area contributed by atoms with Gasteiger partial charge in [0.1, 0.15) is 0 Å². The Hall–Kier alpha value is -0.0800. The van der Waals surface area contributed by atoms with Crippen LogP contribution < -0.4 is 5.32 Å². The van der Waals surface area contributed by atoms with Crippen molar-refractivity contribution in [3.63, 3.8) is 0 Å². The minimum absolute atomic E-state index is 0.742. The maximum atomic E-state index is 3.54. The van der Waals surface area contributed by atoms with Crippen LogP contribution in [0.2, 0.25) is 0 Å². The Balaban J connectivity index is 1.75. The van der Waals surface area contributed by atoms with E-state index in [1.807, 2.05) is 0 Å². The zero-order valence-corrected chi connectivity index (χ0v) is 10.3. The first-order chi connectivity index (χ1) is 7.24. The van der Waals surface area contributed by atoms with Gasteiger partial charge < -0.3 is 10.2 Å². The molecular formula is C13H26N2. The van der Waals surface area contributed by atoms with Gasteiger partial charge in [-0.05, 0) is 57.5 Å². The molecule has 2 nitrogen and oxygen atoms in total. The fourth-order valence-corrected chi connectivity index (χ4v) is 3.22. The molecule has 0 bridgehead atoms. The van der Waals surface area contributed by atoms with E-state index in [2.05, 4.69) is 24.1 Å².